The molecule has 1 aliphatic rings. The van der Waals surface area contributed by atoms with E-state index in [1.54, 1.807) is 14.2 Å². The second-order valence-electron chi connectivity index (χ2n) is 3.10. The SMILES string of the molecule is COC1CCC(C)C(OC)N1. The van der Waals surface area contributed by atoms with E-state index in [0.717, 1.165) is 6.42 Å². The molecule has 0 aromatic carbocycles. The maximum atomic E-state index is 5.24. The van der Waals surface area contributed by atoms with Gasteiger partial charge in [-0.05, 0) is 18.8 Å². The van der Waals surface area contributed by atoms with Gasteiger partial charge in [-0.15, -0.1) is 0 Å². The second kappa shape index (κ2) is 4.04. The largest absolute Gasteiger partial charge is 0.367 e. The van der Waals surface area contributed by atoms with Gasteiger partial charge in [-0.1, -0.05) is 6.92 Å². The van der Waals surface area contributed by atoms with E-state index in [2.05, 4.69) is 12.2 Å². The summed E-state index contributed by atoms with van der Waals surface area (Å²) in [6.45, 7) is 2.19. The number of rotatable bonds is 2. The second-order valence-corrected chi connectivity index (χ2v) is 3.10. The summed E-state index contributed by atoms with van der Waals surface area (Å²) in [5.41, 5.74) is 0. The lowest BCUT2D eigenvalue weighted by Gasteiger charge is -2.33. The van der Waals surface area contributed by atoms with E-state index in [0.29, 0.717) is 5.92 Å². The third-order valence-electron chi connectivity index (χ3n) is 2.29. The van der Waals surface area contributed by atoms with Crippen molar-refractivity contribution in [2.45, 2.75) is 32.2 Å². The van der Waals surface area contributed by atoms with Crippen molar-refractivity contribution in [3.8, 4) is 0 Å². The van der Waals surface area contributed by atoms with Crippen molar-refractivity contribution in [3.05, 3.63) is 0 Å². The summed E-state index contributed by atoms with van der Waals surface area (Å²) in [4.78, 5) is 0. The van der Waals surface area contributed by atoms with Crippen molar-refractivity contribution < 1.29 is 9.47 Å². The van der Waals surface area contributed by atoms with Crippen LogP contribution in [0.15, 0.2) is 0 Å². The summed E-state index contributed by atoms with van der Waals surface area (Å²) < 4.78 is 10.4. The van der Waals surface area contributed by atoms with Crippen molar-refractivity contribution in [2.24, 2.45) is 5.92 Å². The summed E-state index contributed by atoms with van der Waals surface area (Å²) >= 11 is 0. The van der Waals surface area contributed by atoms with Gasteiger partial charge in [0.15, 0.2) is 0 Å². The Balaban J connectivity index is 2.37. The number of hydrogen-bond acceptors (Lipinski definition) is 3. The van der Waals surface area contributed by atoms with Gasteiger partial charge in [-0.3, -0.25) is 5.32 Å². The molecule has 0 bridgehead atoms. The highest BCUT2D eigenvalue weighted by Gasteiger charge is 2.26. The molecule has 1 N–H and O–H groups in total. The van der Waals surface area contributed by atoms with Gasteiger partial charge >= 0.3 is 0 Å². The van der Waals surface area contributed by atoms with Crippen LogP contribution in [0.1, 0.15) is 19.8 Å². The van der Waals surface area contributed by atoms with E-state index in [4.69, 9.17) is 9.47 Å². The van der Waals surface area contributed by atoms with E-state index < -0.39 is 0 Å². The fourth-order valence-electron chi connectivity index (χ4n) is 1.48. The molecule has 3 heteroatoms. The minimum atomic E-state index is 0.161. The van der Waals surface area contributed by atoms with Gasteiger partial charge in [0.1, 0.15) is 12.5 Å². The molecule has 0 aromatic heterocycles. The van der Waals surface area contributed by atoms with Gasteiger partial charge < -0.3 is 9.47 Å². The highest BCUT2D eigenvalue weighted by molar-refractivity contribution is 4.73. The molecule has 0 radical (unpaired) electrons. The first-order chi connectivity index (χ1) is 5.27. The van der Waals surface area contributed by atoms with Gasteiger partial charge in [0.2, 0.25) is 0 Å². The predicted molar refractivity (Wildman–Crippen MR) is 43.1 cm³/mol. The molecule has 0 amide bonds. The molecular formula is C8H17NO2. The van der Waals surface area contributed by atoms with Gasteiger partial charge in [0.05, 0.1) is 0 Å². The Hall–Kier alpha value is -0.120. The minimum absolute atomic E-state index is 0.161. The first kappa shape index (κ1) is 8.97. The maximum absolute atomic E-state index is 5.24. The summed E-state index contributed by atoms with van der Waals surface area (Å²) in [5, 5.41) is 3.26. The zero-order chi connectivity index (χ0) is 8.27. The number of nitrogens with one attached hydrogen (secondary N) is 1. The Bertz CT molecular complexity index is 119. The molecule has 0 saturated carbocycles. The first-order valence-corrected chi connectivity index (χ1v) is 4.09. The molecule has 0 aromatic rings. The lowest BCUT2D eigenvalue weighted by atomic mass is 9.99. The quantitative estimate of drug-likeness (QED) is 0.650. The number of piperidine rings is 1. The number of hydrogen-bond donors (Lipinski definition) is 1. The summed E-state index contributed by atoms with van der Waals surface area (Å²) in [6.07, 6.45) is 2.59. The molecule has 3 unspecified atom stereocenters. The zero-order valence-corrected chi connectivity index (χ0v) is 7.46. The minimum Gasteiger partial charge on any atom is -0.367 e. The fraction of sp³-hybridized carbons (Fsp3) is 1.00. The molecule has 0 aliphatic carbocycles. The topological polar surface area (TPSA) is 30.5 Å². The van der Waals surface area contributed by atoms with Crippen LogP contribution in [-0.4, -0.2) is 26.7 Å². The van der Waals surface area contributed by atoms with Crippen LogP contribution >= 0.6 is 0 Å². The third kappa shape index (κ3) is 2.15. The van der Waals surface area contributed by atoms with Gasteiger partial charge in [0.25, 0.3) is 0 Å². The van der Waals surface area contributed by atoms with Crippen molar-refractivity contribution >= 4 is 0 Å². The smallest absolute Gasteiger partial charge is 0.112 e. The van der Waals surface area contributed by atoms with E-state index in [1.807, 2.05) is 0 Å². The van der Waals surface area contributed by atoms with E-state index >= 15 is 0 Å². The Labute approximate surface area is 68.1 Å². The molecule has 66 valence electrons. The summed E-state index contributed by atoms with van der Waals surface area (Å²) in [7, 11) is 3.45. The predicted octanol–water partition coefficient (Wildman–Crippen LogP) is 0.951. The number of methoxy groups -OCH3 is 2. The van der Waals surface area contributed by atoms with Gasteiger partial charge in [-0.2, -0.15) is 0 Å². The highest BCUT2D eigenvalue weighted by Crippen LogP contribution is 2.19. The Morgan fingerprint density at radius 2 is 1.91 bits per heavy atom. The third-order valence-corrected chi connectivity index (χ3v) is 2.29. The average Bonchev–Trinajstić information content (AvgIpc) is 2.05. The first-order valence-electron chi connectivity index (χ1n) is 4.09. The molecule has 1 fully saturated rings. The molecule has 1 rings (SSSR count). The standard InChI is InChI=1S/C8H17NO2/c1-6-4-5-7(10-2)9-8(6)11-3/h6-9H,4-5H2,1-3H3. The van der Waals surface area contributed by atoms with Crippen molar-refractivity contribution in [1.82, 2.24) is 5.32 Å². The molecule has 1 aliphatic heterocycles. The van der Waals surface area contributed by atoms with Crippen LogP contribution in [0.2, 0.25) is 0 Å². The van der Waals surface area contributed by atoms with Crippen LogP contribution in [0.25, 0.3) is 0 Å². The Morgan fingerprint density at radius 1 is 1.18 bits per heavy atom. The molecule has 3 nitrogen and oxygen atoms in total. The van der Waals surface area contributed by atoms with Gasteiger partial charge in [0, 0.05) is 14.2 Å². The normalized spacial score (nSPS) is 39.0. The van der Waals surface area contributed by atoms with E-state index in [9.17, 15) is 0 Å². The van der Waals surface area contributed by atoms with Crippen LogP contribution in [0, 0.1) is 5.92 Å². The number of ether oxygens (including phenoxy) is 2. The van der Waals surface area contributed by atoms with Gasteiger partial charge in [-0.25, -0.2) is 0 Å². The molecular weight excluding hydrogens is 142 g/mol. The van der Waals surface area contributed by atoms with Crippen molar-refractivity contribution in [2.75, 3.05) is 14.2 Å². The zero-order valence-electron chi connectivity index (χ0n) is 7.46. The van der Waals surface area contributed by atoms with E-state index in [-0.39, 0.29) is 12.5 Å². The summed E-state index contributed by atoms with van der Waals surface area (Å²) in [5.74, 6) is 0.589. The molecule has 11 heavy (non-hydrogen) atoms. The molecule has 3 atom stereocenters. The van der Waals surface area contributed by atoms with Crippen LogP contribution in [-0.2, 0) is 9.47 Å². The van der Waals surface area contributed by atoms with Crippen molar-refractivity contribution in [1.29, 1.82) is 0 Å². The fourth-order valence-corrected chi connectivity index (χ4v) is 1.48. The van der Waals surface area contributed by atoms with Crippen molar-refractivity contribution in [3.63, 3.8) is 0 Å². The molecule has 1 heterocycles. The lowest BCUT2D eigenvalue weighted by Crippen LogP contribution is -2.48. The van der Waals surface area contributed by atoms with Crippen LogP contribution in [0.4, 0.5) is 0 Å². The van der Waals surface area contributed by atoms with Crippen LogP contribution in [0.5, 0.6) is 0 Å². The maximum Gasteiger partial charge on any atom is 0.112 e. The highest BCUT2D eigenvalue weighted by atomic mass is 16.5. The average molecular weight is 159 g/mol. The molecule has 0 spiro atoms. The summed E-state index contributed by atoms with van der Waals surface area (Å²) in [6, 6.07) is 0. The van der Waals surface area contributed by atoms with Crippen LogP contribution < -0.4 is 5.32 Å². The van der Waals surface area contributed by atoms with Crippen LogP contribution in [0.3, 0.4) is 0 Å². The monoisotopic (exact) mass is 159 g/mol. The Kier molecular flexibility index (Phi) is 3.30. The lowest BCUT2D eigenvalue weighted by molar-refractivity contribution is -0.0664. The molecule has 1 saturated heterocycles. The Morgan fingerprint density at radius 3 is 2.45 bits per heavy atom. The van der Waals surface area contributed by atoms with E-state index in [1.165, 1.54) is 6.42 Å².